The first kappa shape index (κ1) is 19.8. The molecule has 0 bridgehead atoms. The first-order valence-corrected chi connectivity index (χ1v) is 10.9. The lowest BCUT2D eigenvalue weighted by Crippen LogP contribution is -2.29. The van der Waals surface area contributed by atoms with Crippen LogP contribution in [0.3, 0.4) is 0 Å². The van der Waals surface area contributed by atoms with E-state index in [9.17, 15) is 18.4 Å². The van der Waals surface area contributed by atoms with Crippen LogP contribution in [-0.4, -0.2) is 10.9 Å². The van der Waals surface area contributed by atoms with Crippen LogP contribution in [0.15, 0.2) is 69.9 Å². The zero-order chi connectivity index (χ0) is 22.9. The number of halogens is 2. The lowest BCUT2D eigenvalue weighted by molar-refractivity contribution is 0.0971. The van der Waals surface area contributed by atoms with Gasteiger partial charge in [-0.1, -0.05) is 35.1 Å². The Bertz CT molecular complexity index is 1660. The van der Waals surface area contributed by atoms with E-state index in [4.69, 9.17) is 4.42 Å². The summed E-state index contributed by atoms with van der Waals surface area (Å²) in [4.78, 5) is 33.0. The van der Waals surface area contributed by atoms with Gasteiger partial charge in [-0.3, -0.25) is 14.5 Å². The average Bonchev–Trinajstić information content (AvgIpc) is 3.33. The molecule has 1 amide bonds. The van der Waals surface area contributed by atoms with Crippen molar-refractivity contribution in [1.82, 2.24) is 4.98 Å². The fraction of sp³-hybridized carbons (Fsp3) is 0.0800. The van der Waals surface area contributed by atoms with Crippen LogP contribution < -0.4 is 10.3 Å². The summed E-state index contributed by atoms with van der Waals surface area (Å²) in [5, 5.41) is 0.655. The number of fused-ring (bicyclic) bond motifs is 3. The number of carbonyl (C=O) groups excluding carboxylic acids is 1. The van der Waals surface area contributed by atoms with Crippen LogP contribution in [0.4, 0.5) is 13.9 Å². The summed E-state index contributed by atoms with van der Waals surface area (Å²) in [6, 6.07) is 14.1. The molecule has 0 fully saturated rings. The number of nitrogens with zero attached hydrogens (tertiary/aromatic N) is 2. The number of benzene rings is 3. The van der Waals surface area contributed by atoms with E-state index in [2.05, 4.69) is 4.98 Å². The van der Waals surface area contributed by atoms with Crippen LogP contribution in [0.25, 0.3) is 21.2 Å². The molecule has 162 valence electrons. The zero-order valence-corrected chi connectivity index (χ0v) is 18.0. The molecule has 5 nitrogen and oxygen atoms in total. The molecule has 0 saturated carbocycles. The van der Waals surface area contributed by atoms with Crippen molar-refractivity contribution in [3.05, 3.63) is 105 Å². The second kappa shape index (κ2) is 7.05. The van der Waals surface area contributed by atoms with Gasteiger partial charge in [0, 0.05) is 0 Å². The summed E-state index contributed by atoms with van der Waals surface area (Å²) in [6.45, 7) is 1.86. The van der Waals surface area contributed by atoms with Crippen molar-refractivity contribution in [1.29, 1.82) is 0 Å². The maximum Gasteiger partial charge on any atom is 0.297 e. The highest BCUT2D eigenvalue weighted by atomic mass is 32.1. The lowest BCUT2D eigenvalue weighted by atomic mass is 9.98. The molecule has 3 aromatic carbocycles. The van der Waals surface area contributed by atoms with Gasteiger partial charge in [0.25, 0.3) is 5.91 Å². The quantitative estimate of drug-likeness (QED) is 0.337. The summed E-state index contributed by atoms with van der Waals surface area (Å²) in [5.74, 6) is -1.46. The Morgan fingerprint density at radius 1 is 0.970 bits per heavy atom. The fourth-order valence-corrected chi connectivity index (χ4v) is 5.25. The Hall–Kier alpha value is -3.91. The van der Waals surface area contributed by atoms with Gasteiger partial charge in [-0.25, -0.2) is 13.8 Å². The number of aryl methyl sites for hydroxylation is 1. The first-order valence-electron chi connectivity index (χ1n) is 10.1. The summed E-state index contributed by atoms with van der Waals surface area (Å²) < 4.78 is 33.9. The minimum atomic E-state index is -0.861. The minimum absolute atomic E-state index is 0.0730. The summed E-state index contributed by atoms with van der Waals surface area (Å²) >= 11 is 1.13. The molecule has 3 heterocycles. The Morgan fingerprint density at radius 3 is 2.52 bits per heavy atom. The summed E-state index contributed by atoms with van der Waals surface area (Å²) in [5.41, 5.74) is 2.10. The van der Waals surface area contributed by atoms with Crippen molar-refractivity contribution in [3.8, 4) is 0 Å². The van der Waals surface area contributed by atoms with Crippen molar-refractivity contribution >= 4 is 43.6 Å². The highest BCUT2D eigenvalue weighted by Gasteiger charge is 2.45. The molecule has 5 aromatic rings. The number of amides is 1. The normalized spacial score (nSPS) is 15.5. The van der Waals surface area contributed by atoms with Crippen molar-refractivity contribution < 1.29 is 18.0 Å². The van der Waals surface area contributed by atoms with E-state index in [1.54, 1.807) is 18.2 Å². The largest absolute Gasteiger partial charge is 0.450 e. The Morgan fingerprint density at radius 2 is 1.73 bits per heavy atom. The lowest BCUT2D eigenvalue weighted by Gasteiger charge is -2.22. The number of carbonyl (C=O) groups is 1. The number of thiazole rings is 1. The molecule has 1 aliphatic heterocycles. The SMILES string of the molecule is Cc1ccc2oc3c(c(=O)c2c1)[C@@H](c1ccc(F)cc1)N(c1nc2ccc(F)cc2s1)C3=O. The average molecular weight is 460 g/mol. The topological polar surface area (TPSA) is 63.4 Å². The smallest absolute Gasteiger partial charge is 0.297 e. The van der Waals surface area contributed by atoms with Gasteiger partial charge >= 0.3 is 0 Å². The molecule has 0 saturated heterocycles. The summed E-state index contributed by atoms with van der Waals surface area (Å²) in [6.07, 6.45) is 0. The van der Waals surface area contributed by atoms with Gasteiger partial charge in [0.05, 0.1) is 27.2 Å². The third-order valence-corrected chi connectivity index (χ3v) is 6.77. The third-order valence-electron chi connectivity index (χ3n) is 5.76. The third kappa shape index (κ3) is 2.98. The number of rotatable bonds is 2. The van der Waals surface area contributed by atoms with Crippen LogP contribution >= 0.6 is 11.3 Å². The van der Waals surface area contributed by atoms with Gasteiger partial charge in [0.15, 0.2) is 10.6 Å². The molecule has 8 heteroatoms. The van der Waals surface area contributed by atoms with E-state index < -0.39 is 23.6 Å². The molecule has 6 rings (SSSR count). The van der Waals surface area contributed by atoms with Gasteiger partial charge in [0.1, 0.15) is 17.2 Å². The molecule has 1 atom stereocenters. The highest BCUT2D eigenvalue weighted by Crippen LogP contribution is 2.43. The molecule has 0 spiro atoms. The monoisotopic (exact) mass is 460 g/mol. The van der Waals surface area contributed by atoms with Crippen LogP contribution in [0, 0.1) is 18.6 Å². The molecule has 33 heavy (non-hydrogen) atoms. The van der Waals surface area contributed by atoms with Gasteiger partial charge in [-0.15, -0.1) is 0 Å². The molecular weight excluding hydrogens is 446 g/mol. The summed E-state index contributed by atoms with van der Waals surface area (Å²) in [7, 11) is 0. The Balaban J connectivity index is 1.64. The molecule has 0 unspecified atom stereocenters. The number of hydrogen-bond donors (Lipinski definition) is 0. The molecule has 0 radical (unpaired) electrons. The Kier molecular flexibility index (Phi) is 4.22. The predicted octanol–water partition coefficient (Wildman–Crippen LogP) is 5.74. The van der Waals surface area contributed by atoms with Gasteiger partial charge in [-0.05, 0) is 55.0 Å². The molecule has 1 aliphatic rings. The second-order valence-electron chi connectivity index (χ2n) is 7.91. The van der Waals surface area contributed by atoms with Gasteiger partial charge in [0.2, 0.25) is 5.76 Å². The van der Waals surface area contributed by atoms with Crippen molar-refractivity contribution in [2.45, 2.75) is 13.0 Å². The second-order valence-corrected chi connectivity index (χ2v) is 8.92. The maximum atomic E-state index is 13.7. The van der Waals surface area contributed by atoms with E-state index >= 15 is 0 Å². The van der Waals surface area contributed by atoms with E-state index in [0.717, 1.165) is 16.9 Å². The number of anilines is 1. The van der Waals surface area contributed by atoms with E-state index in [0.29, 0.717) is 31.9 Å². The van der Waals surface area contributed by atoms with Crippen molar-refractivity contribution in [2.75, 3.05) is 4.90 Å². The first-order chi connectivity index (χ1) is 15.9. The van der Waals surface area contributed by atoms with Gasteiger partial charge in [-0.2, -0.15) is 0 Å². The fourth-order valence-electron chi connectivity index (χ4n) is 4.23. The number of aromatic nitrogens is 1. The zero-order valence-electron chi connectivity index (χ0n) is 17.1. The molecular formula is C25H14F2N2O3S. The minimum Gasteiger partial charge on any atom is -0.450 e. The molecule has 2 aromatic heterocycles. The van der Waals surface area contributed by atoms with E-state index in [1.165, 1.54) is 47.4 Å². The highest BCUT2D eigenvalue weighted by molar-refractivity contribution is 7.22. The van der Waals surface area contributed by atoms with Gasteiger partial charge < -0.3 is 4.42 Å². The van der Waals surface area contributed by atoms with Crippen LogP contribution in [0.2, 0.25) is 0 Å². The Labute approximate surface area is 189 Å². The van der Waals surface area contributed by atoms with Crippen LogP contribution in [-0.2, 0) is 0 Å². The van der Waals surface area contributed by atoms with Crippen LogP contribution in [0.1, 0.15) is 33.3 Å². The standard InChI is InChI=1S/C25H14F2N2O3S/c1-12-2-9-18-16(10-12)22(30)20-21(13-3-5-14(26)6-4-13)29(24(31)23(20)32-18)25-28-17-8-7-15(27)11-19(17)33-25/h2-11,21H,1H3/t21-/m1/s1. The molecule has 0 N–H and O–H groups in total. The van der Waals surface area contributed by atoms with E-state index in [-0.39, 0.29) is 16.8 Å². The molecule has 0 aliphatic carbocycles. The van der Waals surface area contributed by atoms with E-state index in [1.807, 2.05) is 6.92 Å². The van der Waals surface area contributed by atoms with Crippen LogP contribution in [0.5, 0.6) is 0 Å². The number of hydrogen-bond acceptors (Lipinski definition) is 5. The van der Waals surface area contributed by atoms with Crippen molar-refractivity contribution in [3.63, 3.8) is 0 Å². The maximum absolute atomic E-state index is 13.7. The predicted molar refractivity (Wildman–Crippen MR) is 122 cm³/mol. The van der Waals surface area contributed by atoms with Crippen molar-refractivity contribution in [2.24, 2.45) is 0 Å².